The molecule has 5 heteroatoms. The maximum Gasteiger partial charge on any atom is 0.241 e. The summed E-state index contributed by atoms with van der Waals surface area (Å²) in [6, 6.07) is 8.89. The summed E-state index contributed by atoms with van der Waals surface area (Å²) in [6.07, 6.45) is 1.71. The Labute approximate surface area is 121 Å². The van der Waals surface area contributed by atoms with Crippen LogP contribution in [0.3, 0.4) is 0 Å². The summed E-state index contributed by atoms with van der Waals surface area (Å²) in [5, 5.41) is 11.2. The van der Waals surface area contributed by atoms with Crippen molar-refractivity contribution in [3.63, 3.8) is 0 Å². The molecule has 0 aliphatic carbocycles. The second-order valence-corrected chi connectivity index (χ2v) is 10.5. The molecule has 1 aromatic rings. The van der Waals surface area contributed by atoms with E-state index in [0.29, 0.717) is 0 Å². The van der Waals surface area contributed by atoms with Gasteiger partial charge in [0.15, 0.2) is 0 Å². The lowest BCUT2D eigenvalue weighted by Crippen LogP contribution is -2.27. The zero-order valence-corrected chi connectivity index (χ0v) is 13.8. The Morgan fingerprint density at radius 2 is 1.85 bits per heavy atom. The predicted octanol–water partition coefficient (Wildman–Crippen LogP) is 4.19. The Balaban J connectivity index is 3.09. The van der Waals surface area contributed by atoms with Crippen molar-refractivity contribution in [2.24, 2.45) is 0 Å². The van der Waals surface area contributed by atoms with Gasteiger partial charge in [0.1, 0.15) is 0 Å². The average Bonchev–Trinajstić information content (AvgIpc) is 2.37. The first-order valence-corrected chi connectivity index (χ1v) is 10.2. The highest BCUT2D eigenvalue weighted by molar-refractivity contribution is 6.69. The van der Waals surface area contributed by atoms with Gasteiger partial charge < -0.3 is 4.43 Å². The maximum absolute atomic E-state index is 11.2. The van der Waals surface area contributed by atoms with Crippen LogP contribution < -0.4 is 0 Å². The van der Waals surface area contributed by atoms with Crippen LogP contribution in [0.25, 0.3) is 0 Å². The Hall–Kier alpha value is -1.62. The molecule has 0 radical (unpaired) electrons. The third kappa shape index (κ3) is 4.81. The van der Waals surface area contributed by atoms with Crippen molar-refractivity contribution in [1.82, 2.24) is 0 Å². The summed E-state index contributed by atoms with van der Waals surface area (Å²) in [7, 11) is -1.68. The summed E-state index contributed by atoms with van der Waals surface area (Å²) in [6.45, 7) is 9.81. The van der Waals surface area contributed by atoms with Crippen LogP contribution in [0.5, 0.6) is 0 Å². The number of hydrogen-bond donors (Lipinski definition) is 0. The normalized spacial score (nSPS) is 15.6. The lowest BCUT2D eigenvalue weighted by atomic mass is 9.87. The quantitative estimate of drug-likeness (QED) is 0.342. The summed E-state index contributed by atoms with van der Waals surface area (Å²) in [5.41, 5.74) is 1.84. The molecular formula is C15H23NO3Si. The number of nitrogens with zero attached hydrogens (tertiary/aromatic N) is 1. The van der Waals surface area contributed by atoms with Crippen LogP contribution in [0.1, 0.15) is 25.3 Å². The number of benzene rings is 1. The summed E-state index contributed by atoms with van der Waals surface area (Å²) in [5.74, 6) is -0.262. The first kappa shape index (κ1) is 16.4. The van der Waals surface area contributed by atoms with Gasteiger partial charge in [0.25, 0.3) is 0 Å². The molecule has 0 unspecified atom stereocenters. The lowest BCUT2D eigenvalue weighted by Gasteiger charge is -2.22. The van der Waals surface area contributed by atoms with Crippen molar-refractivity contribution >= 4 is 8.32 Å². The third-order valence-electron chi connectivity index (χ3n) is 3.06. The standard InChI is InChI=1S/C15H23NO3Si/c1-12(11-19-20(3,4)5)15(13(2)16(17)18)14-9-7-6-8-10-14/h6-11,13,15H,1-5H3/t13-,15-/m0/s1. The van der Waals surface area contributed by atoms with Crippen LogP contribution in [0.15, 0.2) is 42.2 Å². The Bertz CT molecular complexity index is 480. The second-order valence-electron chi connectivity index (χ2n) is 6.01. The summed E-state index contributed by atoms with van der Waals surface area (Å²) >= 11 is 0. The molecule has 0 N–H and O–H groups in total. The molecule has 2 atom stereocenters. The SMILES string of the molecule is CC(=CO[Si](C)(C)C)[C@H](c1ccccc1)[C@H](C)[N+](=O)[O-]. The molecule has 0 bridgehead atoms. The van der Waals surface area contributed by atoms with Gasteiger partial charge in [0.2, 0.25) is 14.4 Å². The van der Waals surface area contributed by atoms with Crippen molar-refractivity contribution in [2.45, 2.75) is 45.4 Å². The molecule has 0 aromatic heterocycles. The van der Waals surface area contributed by atoms with Gasteiger partial charge in [0, 0.05) is 11.8 Å². The molecule has 0 aliphatic rings. The number of nitro groups is 1. The predicted molar refractivity (Wildman–Crippen MR) is 83.8 cm³/mol. The fourth-order valence-electron chi connectivity index (χ4n) is 2.05. The highest BCUT2D eigenvalue weighted by Crippen LogP contribution is 2.29. The molecule has 0 heterocycles. The molecule has 110 valence electrons. The van der Waals surface area contributed by atoms with Crippen molar-refractivity contribution in [3.8, 4) is 0 Å². The lowest BCUT2D eigenvalue weighted by molar-refractivity contribution is -0.520. The minimum absolute atomic E-state index is 0.233. The fraction of sp³-hybridized carbons (Fsp3) is 0.467. The van der Waals surface area contributed by atoms with Crippen molar-refractivity contribution < 1.29 is 9.35 Å². The second kappa shape index (κ2) is 6.70. The van der Waals surface area contributed by atoms with Gasteiger partial charge in [-0.15, -0.1) is 0 Å². The van der Waals surface area contributed by atoms with Crippen LogP contribution in [-0.4, -0.2) is 19.3 Å². The minimum Gasteiger partial charge on any atom is -0.550 e. The zero-order chi connectivity index (χ0) is 15.3. The largest absolute Gasteiger partial charge is 0.550 e. The van der Waals surface area contributed by atoms with Crippen molar-refractivity contribution in [3.05, 3.63) is 57.8 Å². The smallest absolute Gasteiger partial charge is 0.241 e. The molecule has 20 heavy (non-hydrogen) atoms. The Morgan fingerprint density at radius 3 is 2.30 bits per heavy atom. The zero-order valence-electron chi connectivity index (χ0n) is 12.8. The van der Waals surface area contributed by atoms with Crippen LogP contribution in [0, 0.1) is 10.1 Å². The average molecular weight is 293 g/mol. The topological polar surface area (TPSA) is 52.4 Å². The first-order chi connectivity index (χ1) is 9.22. The minimum atomic E-state index is -1.68. The number of rotatable bonds is 6. The molecule has 0 saturated carbocycles. The van der Waals surface area contributed by atoms with Gasteiger partial charge in [-0.1, -0.05) is 30.3 Å². The molecule has 1 rings (SSSR count). The van der Waals surface area contributed by atoms with Gasteiger partial charge in [-0.05, 0) is 37.7 Å². The van der Waals surface area contributed by atoms with E-state index in [0.717, 1.165) is 11.1 Å². The molecule has 0 spiro atoms. The highest BCUT2D eigenvalue weighted by atomic mass is 28.4. The summed E-state index contributed by atoms with van der Waals surface area (Å²) in [4.78, 5) is 10.9. The Kier molecular flexibility index (Phi) is 5.50. The molecule has 0 fully saturated rings. The molecule has 0 saturated heterocycles. The van der Waals surface area contributed by atoms with E-state index in [9.17, 15) is 10.1 Å². The maximum atomic E-state index is 11.2. The van der Waals surface area contributed by atoms with Gasteiger partial charge in [-0.25, -0.2) is 0 Å². The van der Waals surface area contributed by atoms with E-state index in [-0.39, 0.29) is 10.8 Å². The van der Waals surface area contributed by atoms with Crippen LogP contribution >= 0.6 is 0 Å². The monoisotopic (exact) mass is 293 g/mol. The van der Waals surface area contributed by atoms with Gasteiger partial charge in [0.05, 0.1) is 12.2 Å². The van der Waals surface area contributed by atoms with Crippen molar-refractivity contribution in [1.29, 1.82) is 0 Å². The van der Waals surface area contributed by atoms with Gasteiger partial charge in [-0.2, -0.15) is 0 Å². The van der Waals surface area contributed by atoms with Crippen LogP contribution in [0.4, 0.5) is 0 Å². The van der Waals surface area contributed by atoms with Crippen molar-refractivity contribution in [2.75, 3.05) is 0 Å². The van der Waals surface area contributed by atoms with E-state index in [2.05, 4.69) is 19.6 Å². The Morgan fingerprint density at radius 1 is 1.30 bits per heavy atom. The van der Waals surface area contributed by atoms with E-state index >= 15 is 0 Å². The van der Waals surface area contributed by atoms with E-state index in [1.807, 2.05) is 37.3 Å². The van der Waals surface area contributed by atoms with E-state index in [4.69, 9.17) is 4.43 Å². The molecule has 0 aliphatic heterocycles. The van der Waals surface area contributed by atoms with Gasteiger partial charge in [-0.3, -0.25) is 10.1 Å². The van der Waals surface area contributed by atoms with E-state index < -0.39 is 14.4 Å². The third-order valence-corrected chi connectivity index (χ3v) is 3.89. The van der Waals surface area contributed by atoms with Crippen LogP contribution in [0.2, 0.25) is 19.6 Å². The molecular weight excluding hydrogens is 270 g/mol. The molecule has 1 aromatic carbocycles. The summed E-state index contributed by atoms with van der Waals surface area (Å²) < 4.78 is 5.78. The van der Waals surface area contributed by atoms with Crippen LogP contribution in [-0.2, 0) is 4.43 Å². The number of hydrogen-bond acceptors (Lipinski definition) is 3. The highest BCUT2D eigenvalue weighted by Gasteiger charge is 2.30. The molecule has 4 nitrogen and oxygen atoms in total. The van der Waals surface area contributed by atoms with E-state index in [1.165, 1.54) is 0 Å². The molecule has 0 amide bonds. The first-order valence-electron chi connectivity index (χ1n) is 6.75. The van der Waals surface area contributed by atoms with Gasteiger partial charge >= 0.3 is 0 Å². The van der Waals surface area contributed by atoms with E-state index in [1.54, 1.807) is 13.2 Å². The fourth-order valence-corrected chi connectivity index (χ4v) is 2.59.